The number of aromatic carboxylic acids is 1. The second-order valence-corrected chi connectivity index (χ2v) is 4.44. The molecule has 1 saturated carbocycles. The number of anilines is 1. The number of benzene rings is 1. The maximum Gasteiger partial charge on any atom is 0.372 e. The van der Waals surface area contributed by atoms with Crippen LogP contribution >= 0.6 is 0 Å². The molecule has 1 aliphatic carbocycles. The van der Waals surface area contributed by atoms with E-state index in [1.54, 1.807) is 12.1 Å². The van der Waals surface area contributed by atoms with E-state index in [1.165, 1.54) is 0 Å². The minimum Gasteiger partial charge on any atom is -0.475 e. The quantitative estimate of drug-likeness (QED) is 0.775. The zero-order valence-electron chi connectivity index (χ0n) is 9.26. The third-order valence-corrected chi connectivity index (χ3v) is 3.34. The number of nitrogens with zero attached hydrogens (tertiary/aromatic N) is 2. The van der Waals surface area contributed by atoms with Crippen LogP contribution in [0.25, 0.3) is 11.0 Å². The fourth-order valence-electron chi connectivity index (χ4n) is 2.28. The highest BCUT2D eigenvalue weighted by atomic mass is 16.4. The van der Waals surface area contributed by atoms with Crippen molar-refractivity contribution in [2.75, 3.05) is 5.73 Å². The van der Waals surface area contributed by atoms with Crippen LogP contribution in [0.5, 0.6) is 0 Å². The summed E-state index contributed by atoms with van der Waals surface area (Å²) >= 11 is 0. The molecular weight excluding hydrogens is 218 g/mol. The average molecular weight is 231 g/mol. The Bertz CT molecular complexity index is 599. The molecule has 3 N–H and O–H groups in total. The molecule has 1 heterocycles. The van der Waals surface area contributed by atoms with Crippen molar-refractivity contribution in [3.05, 3.63) is 24.0 Å². The lowest BCUT2D eigenvalue weighted by molar-refractivity contribution is 0.0672. The van der Waals surface area contributed by atoms with E-state index in [1.807, 2.05) is 10.6 Å². The summed E-state index contributed by atoms with van der Waals surface area (Å²) in [6.07, 6.45) is 3.20. The number of carboxylic acids is 1. The molecule has 5 heteroatoms. The maximum atomic E-state index is 11.2. The SMILES string of the molecule is Nc1ccc2c(c1)nc(C(=O)O)n2C1CCC1. The van der Waals surface area contributed by atoms with Gasteiger partial charge in [-0.25, -0.2) is 9.78 Å². The van der Waals surface area contributed by atoms with Crippen molar-refractivity contribution in [2.24, 2.45) is 0 Å². The highest BCUT2D eigenvalue weighted by molar-refractivity contribution is 5.91. The number of hydrogen-bond acceptors (Lipinski definition) is 3. The summed E-state index contributed by atoms with van der Waals surface area (Å²) < 4.78 is 1.83. The predicted molar refractivity (Wildman–Crippen MR) is 64.0 cm³/mol. The number of nitrogen functional groups attached to an aromatic ring is 1. The first-order valence-corrected chi connectivity index (χ1v) is 5.67. The largest absolute Gasteiger partial charge is 0.475 e. The van der Waals surface area contributed by atoms with Gasteiger partial charge >= 0.3 is 5.97 Å². The van der Waals surface area contributed by atoms with Crippen molar-refractivity contribution in [3.63, 3.8) is 0 Å². The van der Waals surface area contributed by atoms with Crippen LogP contribution in [0.2, 0.25) is 0 Å². The summed E-state index contributed by atoms with van der Waals surface area (Å²) in [5.41, 5.74) is 7.81. The molecule has 0 aliphatic heterocycles. The van der Waals surface area contributed by atoms with E-state index < -0.39 is 5.97 Å². The van der Waals surface area contributed by atoms with Crippen molar-refractivity contribution in [1.29, 1.82) is 0 Å². The van der Waals surface area contributed by atoms with Crippen LogP contribution in [0.3, 0.4) is 0 Å². The minimum atomic E-state index is -0.980. The standard InChI is InChI=1S/C12H13N3O2/c13-7-4-5-10-9(6-7)14-11(12(16)17)15(10)8-2-1-3-8/h4-6,8H,1-3,13H2,(H,16,17). The van der Waals surface area contributed by atoms with Gasteiger partial charge in [0.2, 0.25) is 5.82 Å². The number of fused-ring (bicyclic) bond motifs is 1. The number of rotatable bonds is 2. The zero-order valence-corrected chi connectivity index (χ0v) is 9.26. The molecule has 1 fully saturated rings. The third-order valence-electron chi connectivity index (χ3n) is 3.34. The number of carboxylic acid groups (broad SMARTS) is 1. The van der Waals surface area contributed by atoms with Gasteiger partial charge in [0.25, 0.3) is 0 Å². The topological polar surface area (TPSA) is 81.1 Å². The molecule has 17 heavy (non-hydrogen) atoms. The second kappa shape index (κ2) is 3.48. The fraction of sp³-hybridized carbons (Fsp3) is 0.333. The monoisotopic (exact) mass is 231 g/mol. The molecule has 0 atom stereocenters. The van der Waals surface area contributed by atoms with Crippen molar-refractivity contribution < 1.29 is 9.90 Å². The Labute approximate surface area is 97.9 Å². The molecule has 5 nitrogen and oxygen atoms in total. The maximum absolute atomic E-state index is 11.2. The molecule has 1 aromatic carbocycles. The van der Waals surface area contributed by atoms with Crippen LogP contribution in [0.1, 0.15) is 35.9 Å². The first-order valence-electron chi connectivity index (χ1n) is 5.67. The van der Waals surface area contributed by atoms with Gasteiger partial charge in [0.05, 0.1) is 11.0 Å². The number of carbonyl (C=O) groups is 1. The van der Waals surface area contributed by atoms with Gasteiger partial charge in [-0.15, -0.1) is 0 Å². The summed E-state index contributed by atoms with van der Waals surface area (Å²) in [7, 11) is 0. The highest BCUT2D eigenvalue weighted by Crippen LogP contribution is 2.35. The van der Waals surface area contributed by atoms with E-state index in [9.17, 15) is 9.90 Å². The molecule has 3 rings (SSSR count). The van der Waals surface area contributed by atoms with Crippen LogP contribution in [0, 0.1) is 0 Å². The summed E-state index contributed by atoms with van der Waals surface area (Å²) in [5.74, 6) is -0.859. The molecule has 1 aliphatic rings. The molecule has 2 aromatic rings. The number of aromatic nitrogens is 2. The van der Waals surface area contributed by atoms with Crippen LogP contribution in [-0.4, -0.2) is 20.6 Å². The van der Waals surface area contributed by atoms with Gasteiger partial charge in [-0.3, -0.25) is 0 Å². The lowest BCUT2D eigenvalue weighted by atomic mass is 9.92. The fourth-order valence-corrected chi connectivity index (χ4v) is 2.28. The number of hydrogen-bond donors (Lipinski definition) is 2. The average Bonchev–Trinajstić information content (AvgIpc) is 2.54. The van der Waals surface area contributed by atoms with Crippen molar-refractivity contribution in [2.45, 2.75) is 25.3 Å². The Hall–Kier alpha value is -2.04. The van der Waals surface area contributed by atoms with E-state index in [4.69, 9.17) is 5.73 Å². The first-order chi connectivity index (χ1) is 8.16. The summed E-state index contributed by atoms with van der Waals surface area (Å²) in [6.45, 7) is 0. The Balaban J connectivity index is 2.26. The van der Waals surface area contributed by atoms with Crippen molar-refractivity contribution in [3.8, 4) is 0 Å². The van der Waals surface area contributed by atoms with E-state index in [0.717, 1.165) is 24.8 Å². The molecule has 0 spiro atoms. The first kappa shape index (κ1) is 10.1. The van der Waals surface area contributed by atoms with Crippen molar-refractivity contribution in [1.82, 2.24) is 9.55 Å². The summed E-state index contributed by atoms with van der Waals surface area (Å²) in [4.78, 5) is 15.4. The van der Waals surface area contributed by atoms with Gasteiger partial charge < -0.3 is 15.4 Å². The number of imidazole rings is 1. The van der Waals surface area contributed by atoms with Gasteiger partial charge in [-0.1, -0.05) is 0 Å². The predicted octanol–water partition coefficient (Wildman–Crippen LogP) is 2.04. The van der Waals surface area contributed by atoms with E-state index in [0.29, 0.717) is 11.2 Å². The van der Waals surface area contributed by atoms with Crippen LogP contribution in [-0.2, 0) is 0 Å². The normalized spacial score (nSPS) is 16.0. The van der Waals surface area contributed by atoms with Crippen LogP contribution < -0.4 is 5.73 Å². The Morgan fingerprint density at radius 1 is 1.47 bits per heavy atom. The Morgan fingerprint density at radius 2 is 2.24 bits per heavy atom. The van der Waals surface area contributed by atoms with E-state index in [2.05, 4.69) is 4.98 Å². The van der Waals surface area contributed by atoms with Gasteiger partial charge in [0.1, 0.15) is 0 Å². The van der Waals surface area contributed by atoms with Gasteiger partial charge in [-0.2, -0.15) is 0 Å². The molecule has 0 amide bonds. The molecule has 1 aromatic heterocycles. The van der Waals surface area contributed by atoms with Gasteiger partial charge in [0, 0.05) is 11.7 Å². The van der Waals surface area contributed by atoms with Crippen LogP contribution in [0.4, 0.5) is 5.69 Å². The smallest absolute Gasteiger partial charge is 0.372 e. The van der Waals surface area contributed by atoms with Gasteiger partial charge in [-0.05, 0) is 37.5 Å². The van der Waals surface area contributed by atoms with Gasteiger partial charge in [0.15, 0.2) is 0 Å². The third kappa shape index (κ3) is 1.46. The Morgan fingerprint density at radius 3 is 2.82 bits per heavy atom. The minimum absolute atomic E-state index is 0.121. The zero-order chi connectivity index (χ0) is 12.0. The second-order valence-electron chi connectivity index (χ2n) is 4.44. The molecular formula is C12H13N3O2. The molecule has 0 saturated heterocycles. The molecule has 0 radical (unpaired) electrons. The Kier molecular flexibility index (Phi) is 2.07. The van der Waals surface area contributed by atoms with Crippen LogP contribution in [0.15, 0.2) is 18.2 Å². The lowest BCUT2D eigenvalue weighted by Crippen LogP contribution is -2.21. The summed E-state index contributed by atoms with van der Waals surface area (Å²) in [6, 6.07) is 5.62. The molecule has 0 unspecified atom stereocenters. The van der Waals surface area contributed by atoms with E-state index in [-0.39, 0.29) is 11.9 Å². The van der Waals surface area contributed by atoms with Crippen molar-refractivity contribution >= 4 is 22.7 Å². The highest BCUT2D eigenvalue weighted by Gasteiger charge is 2.27. The summed E-state index contributed by atoms with van der Waals surface area (Å²) in [5, 5.41) is 9.19. The molecule has 88 valence electrons. The van der Waals surface area contributed by atoms with E-state index >= 15 is 0 Å². The lowest BCUT2D eigenvalue weighted by Gasteiger charge is -2.28. The number of nitrogens with two attached hydrogens (primary N) is 1. The molecule has 0 bridgehead atoms.